The minimum atomic E-state index is -0.998. The number of carbonyl (C=O) groups is 2. The molecule has 27 heavy (non-hydrogen) atoms. The Morgan fingerprint density at radius 2 is 1.78 bits per heavy atom. The van der Waals surface area contributed by atoms with Gasteiger partial charge in [-0.2, -0.15) is 5.10 Å². The Labute approximate surface area is 164 Å². The molecule has 0 aliphatic rings. The van der Waals surface area contributed by atoms with Crippen LogP contribution in [0.25, 0.3) is 10.8 Å². The lowest BCUT2D eigenvalue weighted by molar-refractivity contribution is -0.136. The van der Waals surface area contributed by atoms with Crippen molar-refractivity contribution in [2.75, 3.05) is 5.32 Å². The summed E-state index contributed by atoms with van der Waals surface area (Å²) in [6.45, 7) is 0. The van der Waals surface area contributed by atoms with Gasteiger partial charge in [-0.1, -0.05) is 53.5 Å². The van der Waals surface area contributed by atoms with Crippen LogP contribution in [0.4, 0.5) is 5.69 Å². The van der Waals surface area contributed by atoms with Gasteiger partial charge >= 0.3 is 11.8 Å². The van der Waals surface area contributed by atoms with E-state index in [0.717, 1.165) is 10.8 Å². The Balaban J connectivity index is 1.71. The highest BCUT2D eigenvalue weighted by Crippen LogP contribution is 2.26. The number of hydrazone groups is 1. The summed E-state index contributed by atoms with van der Waals surface area (Å²) >= 11 is 11.8. The first kappa shape index (κ1) is 18.7. The van der Waals surface area contributed by atoms with Crippen LogP contribution in [0.5, 0.6) is 5.75 Å². The van der Waals surface area contributed by atoms with E-state index in [0.29, 0.717) is 10.6 Å². The van der Waals surface area contributed by atoms with Crippen LogP contribution < -0.4 is 10.7 Å². The van der Waals surface area contributed by atoms with Crippen molar-refractivity contribution in [3.8, 4) is 5.75 Å². The Bertz CT molecular complexity index is 1070. The third-order valence-corrected chi connectivity index (χ3v) is 4.25. The number of halogens is 2. The first-order chi connectivity index (χ1) is 13.0. The van der Waals surface area contributed by atoms with Crippen LogP contribution >= 0.6 is 23.2 Å². The lowest BCUT2D eigenvalue weighted by atomic mass is 10.0. The van der Waals surface area contributed by atoms with Crippen molar-refractivity contribution >= 4 is 57.7 Å². The molecule has 3 N–H and O–H groups in total. The molecule has 3 rings (SSSR count). The van der Waals surface area contributed by atoms with E-state index in [4.69, 9.17) is 23.2 Å². The topological polar surface area (TPSA) is 90.8 Å². The van der Waals surface area contributed by atoms with Gasteiger partial charge < -0.3 is 10.4 Å². The molecule has 0 aliphatic heterocycles. The number of benzene rings is 3. The highest BCUT2D eigenvalue weighted by molar-refractivity contribution is 6.42. The predicted octanol–water partition coefficient (Wildman–Crippen LogP) is 3.94. The fraction of sp³-hybridized carbons (Fsp3) is 0. The van der Waals surface area contributed by atoms with Gasteiger partial charge in [-0.25, -0.2) is 5.43 Å². The summed E-state index contributed by atoms with van der Waals surface area (Å²) in [5, 5.41) is 18.4. The number of phenolic OH excluding ortho intramolecular Hbond substituents is 1. The van der Waals surface area contributed by atoms with Crippen LogP contribution in [-0.4, -0.2) is 23.1 Å². The third kappa shape index (κ3) is 4.36. The molecule has 0 aliphatic carbocycles. The lowest BCUT2D eigenvalue weighted by Gasteiger charge is -2.07. The average Bonchev–Trinajstić information content (AvgIpc) is 2.66. The minimum Gasteiger partial charge on any atom is -0.507 e. The summed E-state index contributed by atoms with van der Waals surface area (Å²) in [5.41, 5.74) is 2.74. The molecule has 3 aromatic carbocycles. The average molecular weight is 402 g/mol. The van der Waals surface area contributed by atoms with Gasteiger partial charge in [-0.3, -0.25) is 9.59 Å². The number of nitrogens with zero attached hydrogens (tertiary/aromatic N) is 1. The second kappa shape index (κ2) is 8.07. The summed E-state index contributed by atoms with van der Waals surface area (Å²) in [7, 11) is 0. The van der Waals surface area contributed by atoms with Gasteiger partial charge in [-0.05, 0) is 35.0 Å². The molecular weight excluding hydrogens is 389 g/mol. The van der Waals surface area contributed by atoms with Gasteiger partial charge in [0.05, 0.1) is 16.9 Å². The Morgan fingerprint density at radius 3 is 2.59 bits per heavy atom. The number of phenols is 1. The van der Waals surface area contributed by atoms with E-state index in [1.54, 1.807) is 12.1 Å². The van der Waals surface area contributed by atoms with E-state index in [-0.39, 0.29) is 16.5 Å². The molecule has 0 aromatic heterocycles. The van der Waals surface area contributed by atoms with Crippen LogP contribution in [0.15, 0.2) is 59.7 Å². The van der Waals surface area contributed by atoms with Crippen LogP contribution in [0.2, 0.25) is 10.0 Å². The zero-order chi connectivity index (χ0) is 19.4. The minimum absolute atomic E-state index is 0.00172. The monoisotopic (exact) mass is 401 g/mol. The number of carbonyl (C=O) groups excluding carboxylic acids is 2. The first-order valence-corrected chi connectivity index (χ1v) is 8.51. The molecule has 8 heteroatoms. The fourth-order valence-corrected chi connectivity index (χ4v) is 2.74. The maximum Gasteiger partial charge on any atom is 0.329 e. The summed E-state index contributed by atoms with van der Waals surface area (Å²) in [6, 6.07) is 15.2. The number of anilines is 1. The Kier molecular flexibility index (Phi) is 5.59. The Hall–Kier alpha value is -3.09. The number of aromatic hydroxyl groups is 1. The molecule has 0 radical (unpaired) electrons. The molecule has 0 unspecified atom stereocenters. The normalized spacial score (nSPS) is 10.9. The smallest absolute Gasteiger partial charge is 0.329 e. The molecule has 0 spiro atoms. The van der Waals surface area contributed by atoms with Crippen LogP contribution in [-0.2, 0) is 9.59 Å². The SMILES string of the molecule is O=C(N/N=C/c1c(O)ccc2ccccc12)C(=O)Nc1cc(Cl)ccc1Cl. The summed E-state index contributed by atoms with van der Waals surface area (Å²) in [5.74, 6) is -1.96. The zero-order valence-corrected chi connectivity index (χ0v) is 15.3. The van der Waals surface area contributed by atoms with Gasteiger partial charge in [-0.15, -0.1) is 0 Å². The summed E-state index contributed by atoms with van der Waals surface area (Å²) in [6.07, 6.45) is 1.27. The maximum absolute atomic E-state index is 11.9. The van der Waals surface area contributed by atoms with E-state index in [2.05, 4.69) is 15.8 Å². The van der Waals surface area contributed by atoms with Crippen LogP contribution in [0, 0.1) is 0 Å². The molecule has 0 heterocycles. The molecule has 0 saturated heterocycles. The van der Waals surface area contributed by atoms with Gasteiger partial charge in [0.15, 0.2) is 0 Å². The van der Waals surface area contributed by atoms with Gasteiger partial charge in [0.1, 0.15) is 5.75 Å². The third-order valence-electron chi connectivity index (χ3n) is 3.69. The van der Waals surface area contributed by atoms with Crippen LogP contribution in [0.1, 0.15) is 5.56 Å². The van der Waals surface area contributed by atoms with Crippen molar-refractivity contribution in [2.45, 2.75) is 0 Å². The van der Waals surface area contributed by atoms with Crippen molar-refractivity contribution < 1.29 is 14.7 Å². The maximum atomic E-state index is 11.9. The van der Waals surface area contributed by atoms with Crippen molar-refractivity contribution in [3.05, 3.63) is 70.2 Å². The van der Waals surface area contributed by atoms with Gasteiger partial charge in [0.2, 0.25) is 0 Å². The van der Waals surface area contributed by atoms with Crippen LogP contribution in [0.3, 0.4) is 0 Å². The molecule has 6 nitrogen and oxygen atoms in total. The van der Waals surface area contributed by atoms with Crippen molar-refractivity contribution in [3.63, 3.8) is 0 Å². The number of hydrogen-bond donors (Lipinski definition) is 3. The number of hydrogen-bond acceptors (Lipinski definition) is 4. The summed E-state index contributed by atoms with van der Waals surface area (Å²) < 4.78 is 0. The molecule has 2 amide bonds. The quantitative estimate of drug-likeness (QED) is 0.352. The molecule has 0 atom stereocenters. The van der Waals surface area contributed by atoms with E-state index in [1.165, 1.54) is 24.4 Å². The second-order valence-electron chi connectivity index (χ2n) is 5.50. The summed E-state index contributed by atoms with van der Waals surface area (Å²) in [4.78, 5) is 23.9. The molecule has 0 bridgehead atoms. The van der Waals surface area contributed by atoms with E-state index < -0.39 is 11.8 Å². The molecule has 3 aromatic rings. The highest BCUT2D eigenvalue weighted by atomic mass is 35.5. The van der Waals surface area contributed by atoms with E-state index in [1.807, 2.05) is 24.3 Å². The molecule has 136 valence electrons. The largest absolute Gasteiger partial charge is 0.507 e. The molecule has 0 saturated carbocycles. The number of nitrogens with one attached hydrogen (secondary N) is 2. The van der Waals surface area contributed by atoms with Gasteiger partial charge in [0.25, 0.3) is 0 Å². The second-order valence-corrected chi connectivity index (χ2v) is 6.34. The van der Waals surface area contributed by atoms with E-state index >= 15 is 0 Å². The van der Waals surface area contributed by atoms with Crippen molar-refractivity contribution in [1.82, 2.24) is 5.43 Å². The fourth-order valence-electron chi connectivity index (χ4n) is 2.40. The molecule has 0 fully saturated rings. The number of rotatable bonds is 3. The predicted molar refractivity (Wildman–Crippen MR) is 106 cm³/mol. The lowest BCUT2D eigenvalue weighted by Crippen LogP contribution is -2.32. The van der Waals surface area contributed by atoms with Gasteiger partial charge in [0, 0.05) is 10.6 Å². The number of amides is 2. The first-order valence-electron chi connectivity index (χ1n) is 7.76. The Morgan fingerprint density at radius 1 is 1.00 bits per heavy atom. The van der Waals surface area contributed by atoms with Crippen molar-refractivity contribution in [2.24, 2.45) is 5.10 Å². The number of fused-ring (bicyclic) bond motifs is 1. The highest BCUT2D eigenvalue weighted by Gasteiger charge is 2.15. The zero-order valence-electron chi connectivity index (χ0n) is 13.7. The molecular formula is C19H13Cl2N3O3. The standard InChI is InChI=1S/C19H13Cl2N3O3/c20-12-6-7-15(21)16(9-12)23-18(26)19(27)24-22-10-14-13-4-2-1-3-11(13)5-8-17(14)25/h1-10,25H,(H,23,26)(H,24,27)/b22-10+. The van der Waals surface area contributed by atoms with Crippen molar-refractivity contribution in [1.29, 1.82) is 0 Å². The van der Waals surface area contributed by atoms with E-state index in [9.17, 15) is 14.7 Å².